The average molecular weight is 477 g/mol. The Morgan fingerprint density at radius 3 is 1.52 bits per heavy atom. The van der Waals surface area contributed by atoms with Crippen molar-refractivity contribution >= 4 is 11.9 Å². The molecule has 1 heterocycles. The van der Waals surface area contributed by atoms with Crippen LogP contribution in [0.1, 0.15) is 32.1 Å². The zero-order chi connectivity index (χ0) is 15.2. The van der Waals surface area contributed by atoms with E-state index in [1.165, 1.54) is 0 Å². The number of carbonyl (C=O) groups is 2. The molecule has 1 aliphatic carbocycles. The summed E-state index contributed by atoms with van der Waals surface area (Å²) in [5.41, 5.74) is 15.9. The van der Waals surface area contributed by atoms with Gasteiger partial charge in [-0.2, -0.15) is 13.1 Å². The monoisotopic (exact) mass is 477 g/mol. The Morgan fingerprint density at radius 1 is 0.952 bits per heavy atom. The summed E-state index contributed by atoms with van der Waals surface area (Å²) in [4.78, 5) is 20.4. The van der Waals surface area contributed by atoms with Crippen LogP contribution >= 0.6 is 0 Å². The van der Waals surface area contributed by atoms with Gasteiger partial charge >= 0.3 is 21.1 Å². The minimum absolute atomic E-state index is 0. The van der Waals surface area contributed by atoms with E-state index in [1.807, 2.05) is 0 Å². The maximum Gasteiger partial charge on any atom is 4.00 e. The quantitative estimate of drug-likeness (QED) is 0.485. The number of nitrogens with zero attached hydrogens (tertiary/aromatic N) is 2. The molecule has 8 heteroatoms. The summed E-state index contributed by atoms with van der Waals surface area (Å²) >= 11 is 0. The molecule has 0 amide bonds. The molecule has 2 aliphatic rings. The number of rotatable bonds is 4. The van der Waals surface area contributed by atoms with E-state index in [-0.39, 0.29) is 52.4 Å². The Kier molecular flexibility index (Phi) is 8.62. The molecule has 0 atom stereocenters. The minimum atomic E-state index is -1.67. The number of carboxylic acids is 2. The molecule has 0 unspecified atom stereocenters. The molecule has 0 spiro atoms. The van der Waals surface area contributed by atoms with Gasteiger partial charge in [-0.1, -0.05) is 11.8 Å². The molecule has 21 heavy (non-hydrogen) atoms. The van der Waals surface area contributed by atoms with Gasteiger partial charge in [-0.05, 0) is 25.7 Å². The number of carbonyl (C=O) groups excluding carboxylic acids is 2. The molecular weight excluding hydrogens is 459 g/mol. The molecule has 0 aromatic carbocycles. The summed E-state index contributed by atoms with van der Waals surface area (Å²) in [6.07, 6.45) is 2.48. The number of ether oxygens (including phenoxy) is 1. The van der Waals surface area contributed by atoms with Crippen molar-refractivity contribution in [1.82, 2.24) is 0 Å². The van der Waals surface area contributed by atoms with E-state index in [0.29, 0.717) is 19.6 Å². The molecule has 1 saturated carbocycles. The van der Waals surface area contributed by atoms with Crippen molar-refractivity contribution < 1.29 is 45.6 Å². The Balaban J connectivity index is 0.000000364. The smallest absolute Gasteiger partial charge is 0.808 e. The SMILES string of the molecule is O=C([O-])C1(C(=O)[O-])CCC1.[N-]CC1(C[N-])CCOCC1.[Pt+4]. The molecule has 1 aliphatic heterocycles. The Hall–Kier alpha value is -0.492. The molecule has 2 rings (SSSR count). The standard InChI is InChI=1S/C7H12N2O.C6H8O4.Pt/c8-5-7(6-9)1-3-10-4-2-7;7-4(8)6(5(9)10)2-1-3-6;/h1-6H2;1-3H2,(H,7,8)(H,9,10);/q-2;;+4/p-2. The van der Waals surface area contributed by atoms with Crippen LogP contribution in [0.5, 0.6) is 0 Å². The van der Waals surface area contributed by atoms with Gasteiger partial charge in [-0.3, -0.25) is 0 Å². The van der Waals surface area contributed by atoms with E-state index in [4.69, 9.17) is 16.2 Å². The molecular formula is C13H18N2O5Pt. The second-order valence-corrected chi connectivity index (χ2v) is 5.44. The van der Waals surface area contributed by atoms with Crippen molar-refractivity contribution in [3.63, 3.8) is 0 Å². The number of aliphatic carboxylic acids is 2. The van der Waals surface area contributed by atoms with Gasteiger partial charge in [0.25, 0.3) is 0 Å². The second kappa shape index (κ2) is 8.83. The Labute approximate surface area is 138 Å². The van der Waals surface area contributed by atoms with Crippen LogP contribution < -0.4 is 10.2 Å². The third-order valence-corrected chi connectivity index (χ3v) is 4.21. The Morgan fingerprint density at radius 2 is 1.38 bits per heavy atom. The fraction of sp³-hybridized carbons (Fsp3) is 0.846. The van der Waals surface area contributed by atoms with E-state index >= 15 is 0 Å². The van der Waals surface area contributed by atoms with Gasteiger partial charge in [0.1, 0.15) is 0 Å². The summed E-state index contributed by atoms with van der Waals surface area (Å²) in [5, 5.41) is 20.4. The fourth-order valence-corrected chi connectivity index (χ4v) is 2.19. The van der Waals surface area contributed by atoms with Gasteiger partial charge in [0, 0.05) is 18.6 Å². The molecule has 2 fully saturated rings. The van der Waals surface area contributed by atoms with E-state index in [0.717, 1.165) is 12.8 Å². The van der Waals surface area contributed by atoms with Crippen molar-refractivity contribution in [3.8, 4) is 0 Å². The molecule has 0 N–H and O–H groups in total. The summed E-state index contributed by atoms with van der Waals surface area (Å²) in [7, 11) is 0. The van der Waals surface area contributed by atoms with Crippen LogP contribution in [0.3, 0.4) is 0 Å². The maximum absolute atomic E-state index is 10.2. The first-order valence-electron chi connectivity index (χ1n) is 6.65. The Bertz CT molecular complexity index is 332. The number of hydrogen-bond acceptors (Lipinski definition) is 5. The topological polar surface area (TPSA) is 134 Å². The van der Waals surface area contributed by atoms with Gasteiger partial charge in [-0.15, -0.1) is 0 Å². The predicted octanol–water partition coefficient (Wildman–Crippen LogP) is -0.887. The fourth-order valence-electron chi connectivity index (χ4n) is 2.19. The van der Waals surface area contributed by atoms with Crippen molar-refractivity contribution in [1.29, 1.82) is 0 Å². The molecule has 0 bridgehead atoms. The van der Waals surface area contributed by atoms with Crippen molar-refractivity contribution in [2.75, 3.05) is 26.3 Å². The third-order valence-electron chi connectivity index (χ3n) is 4.21. The normalized spacial score (nSPS) is 21.8. The van der Waals surface area contributed by atoms with Crippen molar-refractivity contribution in [2.24, 2.45) is 10.8 Å². The van der Waals surface area contributed by atoms with E-state index in [1.54, 1.807) is 0 Å². The number of hydrogen-bond donors (Lipinski definition) is 0. The van der Waals surface area contributed by atoms with Gasteiger partial charge in [0.2, 0.25) is 0 Å². The number of carboxylic acid groups (broad SMARTS) is 2. The van der Waals surface area contributed by atoms with Crippen molar-refractivity contribution in [2.45, 2.75) is 32.1 Å². The van der Waals surface area contributed by atoms with Gasteiger partial charge in [-0.25, -0.2) is 0 Å². The van der Waals surface area contributed by atoms with Gasteiger partial charge in [0.15, 0.2) is 0 Å². The van der Waals surface area contributed by atoms with Crippen LogP contribution in [0.15, 0.2) is 0 Å². The zero-order valence-corrected chi connectivity index (χ0v) is 13.9. The summed E-state index contributed by atoms with van der Waals surface area (Å²) < 4.78 is 5.11. The molecule has 120 valence electrons. The first-order chi connectivity index (χ1) is 9.42. The average Bonchev–Trinajstić information content (AvgIpc) is 2.38. The zero-order valence-electron chi connectivity index (χ0n) is 11.6. The van der Waals surface area contributed by atoms with Gasteiger partial charge in [0.05, 0.1) is 11.9 Å². The molecule has 0 aromatic rings. The third kappa shape index (κ3) is 4.74. The maximum atomic E-state index is 10.2. The minimum Gasteiger partial charge on any atom is -0.808 e. The predicted molar refractivity (Wildman–Crippen MR) is 65.2 cm³/mol. The summed E-state index contributed by atoms with van der Waals surface area (Å²) in [6.45, 7) is 1.49. The molecule has 7 nitrogen and oxygen atoms in total. The van der Waals surface area contributed by atoms with Crippen LogP contribution in [0, 0.1) is 10.8 Å². The van der Waals surface area contributed by atoms with E-state index in [9.17, 15) is 19.8 Å². The van der Waals surface area contributed by atoms with Crippen LogP contribution in [0.2, 0.25) is 0 Å². The first kappa shape index (κ1) is 20.5. The van der Waals surface area contributed by atoms with E-state index in [2.05, 4.69) is 0 Å². The molecule has 0 aromatic heterocycles. The first-order valence-corrected chi connectivity index (χ1v) is 6.65. The summed E-state index contributed by atoms with van der Waals surface area (Å²) in [6, 6.07) is 0. The van der Waals surface area contributed by atoms with Crippen LogP contribution in [0.25, 0.3) is 11.5 Å². The second-order valence-electron chi connectivity index (χ2n) is 5.44. The largest absolute Gasteiger partial charge is 4.00 e. The summed E-state index contributed by atoms with van der Waals surface area (Å²) in [5.74, 6) is -3.03. The van der Waals surface area contributed by atoms with Crippen molar-refractivity contribution in [3.05, 3.63) is 11.5 Å². The van der Waals surface area contributed by atoms with Crippen LogP contribution in [-0.4, -0.2) is 38.2 Å². The van der Waals surface area contributed by atoms with E-state index < -0.39 is 17.4 Å². The molecule has 1 saturated heterocycles. The van der Waals surface area contributed by atoms with Gasteiger partial charge < -0.3 is 36.0 Å². The molecule has 2 radical (unpaired) electrons. The van der Waals surface area contributed by atoms with Crippen LogP contribution in [-0.2, 0) is 35.4 Å². The van der Waals surface area contributed by atoms with Crippen LogP contribution in [0.4, 0.5) is 0 Å².